The second kappa shape index (κ2) is 10.4. The van der Waals surface area contributed by atoms with Crippen molar-refractivity contribution in [3.63, 3.8) is 0 Å². The van der Waals surface area contributed by atoms with Crippen LogP contribution in [0, 0.1) is 11.8 Å². The number of nitrogens with zero attached hydrogens (tertiary/aromatic N) is 1. The molecule has 0 bridgehead atoms. The minimum atomic E-state index is -0.858. The maximum Gasteiger partial charge on any atom is 0.304 e. The zero-order valence-corrected chi connectivity index (χ0v) is 19.2. The molecule has 168 valence electrons. The lowest BCUT2D eigenvalue weighted by Crippen LogP contribution is -2.15. The van der Waals surface area contributed by atoms with Crippen LogP contribution in [0.1, 0.15) is 48.4 Å². The SMILES string of the molecule is CC#CC(CC(=O)O)c1ccc(-c2ccc3c(c2)CN(Cc2ccccc2)C3)c(OCC)c1. The van der Waals surface area contributed by atoms with Crippen LogP contribution in [-0.2, 0) is 24.4 Å². The van der Waals surface area contributed by atoms with Crippen LogP contribution in [0.2, 0.25) is 0 Å². The number of carboxylic acid groups (broad SMARTS) is 1. The topological polar surface area (TPSA) is 49.8 Å². The Morgan fingerprint density at radius 3 is 2.58 bits per heavy atom. The van der Waals surface area contributed by atoms with Gasteiger partial charge in [-0.1, -0.05) is 60.5 Å². The highest BCUT2D eigenvalue weighted by Crippen LogP contribution is 2.36. The fourth-order valence-corrected chi connectivity index (χ4v) is 4.46. The van der Waals surface area contributed by atoms with Crippen LogP contribution in [0.15, 0.2) is 66.7 Å². The Morgan fingerprint density at radius 2 is 1.85 bits per heavy atom. The molecule has 4 rings (SSSR count). The predicted octanol–water partition coefficient (Wildman–Crippen LogP) is 5.85. The lowest BCUT2D eigenvalue weighted by atomic mass is 9.92. The van der Waals surface area contributed by atoms with E-state index in [9.17, 15) is 9.90 Å². The zero-order valence-electron chi connectivity index (χ0n) is 19.2. The molecule has 0 aliphatic carbocycles. The molecule has 4 nitrogen and oxygen atoms in total. The Hall–Kier alpha value is -3.55. The van der Waals surface area contributed by atoms with E-state index in [1.807, 2.05) is 25.1 Å². The van der Waals surface area contributed by atoms with Crippen molar-refractivity contribution in [2.45, 2.75) is 45.8 Å². The van der Waals surface area contributed by atoms with Gasteiger partial charge in [0, 0.05) is 25.2 Å². The smallest absolute Gasteiger partial charge is 0.304 e. The lowest BCUT2D eigenvalue weighted by Gasteiger charge is -2.16. The van der Waals surface area contributed by atoms with Crippen molar-refractivity contribution in [3.8, 4) is 28.7 Å². The van der Waals surface area contributed by atoms with Crippen LogP contribution in [0.25, 0.3) is 11.1 Å². The maximum absolute atomic E-state index is 11.3. The largest absolute Gasteiger partial charge is 0.493 e. The number of fused-ring (bicyclic) bond motifs is 1. The molecule has 0 aromatic heterocycles. The highest BCUT2D eigenvalue weighted by atomic mass is 16.5. The van der Waals surface area contributed by atoms with Gasteiger partial charge in [-0.2, -0.15) is 0 Å². The van der Waals surface area contributed by atoms with Crippen molar-refractivity contribution < 1.29 is 14.6 Å². The predicted molar refractivity (Wildman–Crippen MR) is 131 cm³/mol. The summed E-state index contributed by atoms with van der Waals surface area (Å²) >= 11 is 0. The van der Waals surface area contributed by atoms with Crippen molar-refractivity contribution in [1.29, 1.82) is 0 Å². The summed E-state index contributed by atoms with van der Waals surface area (Å²) in [5.74, 6) is 5.44. The molecule has 1 heterocycles. The Labute approximate surface area is 195 Å². The van der Waals surface area contributed by atoms with Gasteiger partial charge in [-0.05, 0) is 53.8 Å². The first-order chi connectivity index (χ1) is 16.1. The van der Waals surface area contributed by atoms with Gasteiger partial charge in [0.2, 0.25) is 0 Å². The van der Waals surface area contributed by atoms with Gasteiger partial charge in [0.05, 0.1) is 18.9 Å². The van der Waals surface area contributed by atoms with Crippen LogP contribution in [-0.4, -0.2) is 22.6 Å². The third-order valence-corrected chi connectivity index (χ3v) is 5.96. The minimum Gasteiger partial charge on any atom is -0.493 e. The van der Waals surface area contributed by atoms with Gasteiger partial charge in [-0.25, -0.2) is 0 Å². The summed E-state index contributed by atoms with van der Waals surface area (Å²) in [6.07, 6.45) is -0.0259. The van der Waals surface area contributed by atoms with Crippen molar-refractivity contribution in [2.75, 3.05) is 6.61 Å². The molecule has 0 spiro atoms. The lowest BCUT2D eigenvalue weighted by molar-refractivity contribution is -0.137. The van der Waals surface area contributed by atoms with Crippen molar-refractivity contribution in [3.05, 3.63) is 89.0 Å². The van der Waals surface area contributed by atoms with Gasteiger partial charge >= 0.3 is 5.97 Å². The standard InChI is InChI=1S/C29H29NO3/c1-3-8-22(17-29(31)32)23-13-14-27(28(16-23)33-4-2)24-11-12-25-19-30(20-26(25)15-24)18-21-9-6-5-7-10-21/h5-7,9-16,22H,4,17-20H2,1-2H3,(H,31,32). The number of ether oxygens (including phenoxy) is 1. The number of carboxylic acids is 1. The molecule has 0 saturated carbocycles. The van der Waals surface area contributed by atoms with Crippen molar-refractivity contribution >= 4 is 5.97 Å². The van der Waals surface area contributed by atoms with Gasteiger partial charge < -0.3 is 9.84 Å². The summed E-state index contributed by atoms with van der Waals surface area (Å²) in [6.45, 7) is 7.04. The van der Waals surface area contributed by atoms with Gasteiger partial charge in [0.1, 0.15) is 5.75 Å². The maximum atomic E-state index is 11.3. The van der Waals surface area contributed by atoms with E-state index in [0.29, 0.717) is 6.61 Å². The second-order valence-corrected chi connectivity index (χ2v) is 8.35. The molecule has 1 aliphatic rings. The summed E-state index contributed by atoms with van der Waals surface area (Å²) in [4.78, 5) is 13.8. The number of aliphatic carboxylic acids is 1. The van der Waals surface area contributed by atoms with E-state index < -0.39 is 5.97 Å². The molecule has 0 radical (unpaired) electrons. The van der Waals surface area contributed by atoms with E-state index in [2.05, 4.69) is 65.3 Å². The molecule has 1 N–H and O–H groups in total. The molecule has 1 atom stereocenters. The van der Waals surface area contributed by atoms with Gasteiger partial charge in [0.15, 0.2) is 0 Å². The summed E-state index contributed by atoms with van der Waals surface area (Å²) in [5.41, 5.74) is 7.03. The molecule has 33 heavy (non-hydrogen) atoms. The molecule has 0 fully saturated rings. The normalized spacial score (nSPS) is 13.6. The van der Waals surface area contributed by atoms with E-state index in [4.69, 9.17) is 4.74 Å². The van der Waals surface area contributed by atoms with E-state index in [1.165, 1.54) is 16.7 Å². The first-order valence-corrected chi connectivity index (χ1v) is 11.4. The number of carbonyl (C=O) groups is 1. The number of benzene rings is 3. The Bertz CT molecular complexity index is 1190. The molecule has 0 saturated heterocycles. The van der Waals surface area contributed by atoms with Crippen LogP contribution < -0.4 is 4.74 Å². The molecular formula is C29H29NO3. The molecular weight excluding hydrogens is 410 g/mol. The molecule has 3 aromatic rings. The Balaban J connectivity index is 1.60. The minimum absolute atomic E-state index is 0.0259. The summed E-state index contributed by atoms with van der Waals surface area (Å²) < 4.78 is 5.98. The molecule has 1 unspecified atom stereocenters. The molecule has 0 amide bonds. The fourth-order valence-electron chi connectivity index (χ4n) is 4.46. The second-order valence-electron chi connectivity index (χ2n) is 8.35. The summed E-state index contributed by atoms with van der Waals surface area (Å²) in [6, 6.07) is 23.2. The van der Waals surface area contributed by atoms with Gasteiger partial charge in [0.25, 0.3) is 0 Å². The summed E-state index contributed by atoms with van der Waals surface area (Å²) in [7, 11) is 0. The number of rotatable bonds is 8. The third kappa shape index (κ3) is 5.45. The highest BCUT2D eigenvalue weighted by molar-refractivity contribution is 5.73. The average molecular weight is 440 g/mol. The number of hydrogen-bond donors (Lipinski definition) is 1. The Kier molecular flexibility index (Phi) is 7.12. The van der Waals surface area contributed by atoms with Crippen LogP contribution in [0.5, 0.6) is 5.75 Å². The molecule has 3 aromatic carbocycles. The average Bonchev–Trinajstić information content (AvgIpc) is 3.21. The monoisotopic (exact) mass is 439 g/mol. The van der Waals surface area contributed by atoms with Crippen molar-refractivity contribution in [1.82, 2.24) is 4.90 Å². The quantitative estimate of drug-likeness (QED) is 0.447. The van der Waals surface area contributed by atoms with E-state index in [0.717, 1.165) is 42.1 Å². The van der Waals surface area contributed by atoms with E-state index in [1.54, 1.807) is 6.92 Å². The van der Waals surface area contributed by atoms with Crippen molar-refractivity contribution in [2.24, 2.45) is 0 Å². The zero-order chi connectivity index (χ0) is 23.2. The summed E-state index contributed by atoms with van der Waals surface area (Å²) in [5, 5.41) is 9.28. The van der Waals surface area contributed by atoms with Crippen LogP contribution in [0.3, 0.4) is 0 Å². The van der Waals surface area contributed by atoms with Crippen LogP contribution >= 0.6 is 0 Å². The first kappa shape index (κ1) is 22.6. The Morgan fingerprint density at radius 1 is 1.06 bits per heavy atom. The molecule has 1 aliphatic heterocycles. The first-order valence-electron chi connectivity index (χ1n) is 11.4. The number of hydrogen-bond acceptors (Lipinski definition) is 3. The fraction of sp³-hybridized carbons (Fsp3) is 0.276. The van der Waals surface area contributed by atoms with E-state index in [-0.39, 0.29) is 12.3 Å². The molecule has 4 heteroatoms. The third-order valence-electron chi connectivity index (χ3n) is 5.96. The van der Waals surface area contributed by atoms with Gasteiger partial charge in [-0.3, -0.25) is 9.69 Å². The van der Waals surface area contributed by atoms with Crippen LogP contribution in [0.4, 0.5) is 0 Å². The van der Waals surface area contributed by atoms with E-state index >= 15 is 0 Å². The van der Waals surface area contributed by atoms with Gasteiger partial charge in [-0.15, -0.1) is 5.92 Å². The highest BCUT2D eigenvalue weighted by Gasteiger charge is 2.21.